The lowest BCUT2D eigenvalue weighted by molar-refractivity contribution is 0.103. The Morgan fingerprint density at radius 1 is 0.590 bits per heavy atom. The average Bonchev–Trinajstić information content (AvgIpc) is 2.97. The Morgan fingerprint density at radius 2 is 1.23 bits per heavy atom. The van der Waals surface area contributed by atoms with Gasteiger partial charge in [0.2, 0.25) is 0 Å². The van der Waals surface area contributed by atoms with Gasteiger partial charge in [-0.05, 0) is 78.3 Å². The number of ketones is 2. The van der Waals surface area contributed by atoms with Crippen LogP contribution in [-0.4, -0.2) is 11.6 Å². The lowest BCUT2D eigenvalue weighted by atomic mass is 9.87. The molecule has 0 aliphatic heterocycles. The van der Waals surface area contributed by atoms with Crippen LogP contribution in [0, 0.1) is 19.8 Å². The zero-order chi connectivity index (χ0) is 27.4. The van der Waals surface area contributed by atoms with Crippen molar-refractivity contribution < 1.29 is 9.59 Å². The first-order chi connectivity index (χ1) is 18.9. The monoisotopic (exact) mass is 510 g/mol. The molecule has 2 heteroatoms. The maximum absolute atomic E-state index is 13.3. The van der Waals surface area contributed by atoms with Gasteiger partial charge in [0.1, 0.15) is 0 Å². The highest BCUT2D eigenvalue weighted by atomic mass is 16.1. The molecular formula is C37H34O2. The Labute approximate surface area is 231 Å². The van der Waals surface area contributed by atoms with Crippen LogP contribution in [0.4, 0.5) is 0 Å². The van der Waals surface area contributed by atoms with Crippen molar-refractivity contribution in [3.05, 3.63) is 154 Å². The van der Waals surface area contributed by atoms with Crippen molar-refractivity contribution in [1.82, 2.24) is 0 Å². The second-order valence-corrected chi connectivity index (χ2v) is 10.6. The van der Waals surface area contributed by atoms with Gasteiger partial charge in [-0.15, -0.1) is 0 Å². The molecule has 0 saturated heterocycles. The summed E-state index contributed by atoms with van der Waals surface area (Å²) >= 11 is 0. The molecule has 0 aliphatic carbocycles. The topological polar surface area (TPSA) is 34.1 Å². The Morgan fingerprint density at radius 3 is 2.00 bits per heavy atom. The normalized spacial score (nSPS) is 11.9. The molecule has 0 aromatic heterocycles. The molecule has 2 nitrogen and oxygen atoms in total. The molecule has 0 bridgehead atoms. The van der Waals surface area contributed by atoms with Gasteiger partial charge in [-0.25, -0.2) is 0 Å². The zero-order valence-electron chi connectivity index (χ0n) is 22.9. The summed E-state index contributed by atoms with van der Waals surface area (Å²) in [6.07, 6.45) is 2.78. The van der Waals surface area contributed by atoms with E-state index in [1.54, 1.807) is 0 Å². The van der Waals surface area contributed by atoms with Crippen LogP contribution in [0.3, 0.4) is 0 Å². The number of fused-ring (bicyclic) bond motifs is 1. The van der Waals surface area contributed by atoms with E-state index in [0.29, 0.717) is 11.5 Å². The van der Waals surface area contributed by atoms with E-state index in [-0.39, 0.29) is 11.6 Å². The largest absolute Gasteiger partial charge is 0.289 e. The van der Waals surface area contributed by atoms with Crippen LogP contribution in [0.1, 0.15) is 67.4 Å². The van der Waals surface area contributed by atoms with E-state index >= 15 is 0 Å². The minimum Gasteiger partial charge on any atom is -0.289 e. The Kier molecular flexibility index (Phi) is 7.84. The SMILES string of the molecule is CCC(Cc1cccc(C(=O)c2ccc3ccccc3c2)c1)Cc1cc(C(=O)c2ccc(C)cc2)ccc1C. The minimum atomic E-state index is 0.0498. The number of carbonyl (C=O) groups is 2. The van der Waals surface area contributed by atoms with Gasteiger partial charge in [-0.3, -0.25) is 9.59 Å². The Bertz CT molecular complexity index is 1640. The fourth-order valence-electron chi connectivity index (χ4n) is 5.25. The van der Waals surface area contributed by atoms with Gasteiger partial charge in [-0.1, -0.05) is 110 Å². The van der Waals surface area contributed by atoms with E-state index in [2.05, 4.69) is 38.1 Å². The van der Waals surface area contributed by atoms with Gasteiger partial charge in [0.25, 0.3) is 0 Å². The molecule has 0 amide bonds. The van der Waals surface area contributed by atoms with Crippen molar-refractivity contribution in [3.8, 4) is 0 Å². The quantitative estimate of drug-likeness (QED) is 0.186. The third kappa shape index (κ3) is 6.07. The third-order valence-electron chi connectivity index (χ3n) is 7.74. The van der Waals surface area contributed by atoms with E-state index in [0.717, 1.165) is 57.9 Å². The number of carbonyl (C=O) groups excluding carboxylic acids is 2. The number of hydrogen-bond donors (Lipinski definition) is 0. The van der Waals surface area contributed by atoms with Gasteiger partial charge < -0.3 is 0 Å². The second-order valence-electron chi connectivity index (χ2n) is 10.6. The summed E-state index contributed by atoms with van der Waals surface area (Å²) in [6.45, 7) is 6.36. The van der Waals surface area contributed by atoms with Crippen LogP contribution >= 0.6 is 0 Å². The van der Waals surface area contributed by atoms with Crippen molar-refractivity contribution in [2.24, 2.45) is 5.92 Å². The van der Waals surface area contributed by atoms with Crippen molar-refractivity contribution >= 4 is 22.3 Å². The van der Waals surface area contributed by atoms with Crippen LogP contribution in [0.5, 0.6) is 0 Å². The van der Waals surface area contributed by atoms with Crippen LogP contribution in [0.15, 0.2) is 109 Å². The van der Waals surface area contributed by atoms with E-state index in [4.69, 9.17) is 0 Å². The zero-order valence-corrected chi connectivity index (χ0v) is 22.9. The highest BCUT2D eigenvalue weighted by Crippen LogP contribution is 2.24. The minimum absolute atomic E-state index is 0.0498. The van der Waals surface area contributed by atoms with Gasteiger partial charge in [0, 0.05) is 22.3 Å². The predicted octanol–water partition coefficient (Wildman–Crippen LogP) is 8.73. The highest BCUT2D eigenvalue weighted by Gasteiger charge is 2.16. The van der Waals surface area contributed by atoms with Gasteiger partial charge >= 0.3 is 0 Å². The lowest BCUT2D eigenvalue weighted by Crippen LogP contribution is -2.11. The molecule has 5 rings (SSSR count). The molecule has 1 atom stereocenters. The van der Waals surface area contributed by atoms with Crippen molar-refractivity contribution in [2.45, 2.75) is 40.0 Å². The van der Waals surface area contributed by atoms with Gasteiger partial charge in [0.15, 0.2) is 11.6 Å². The number of rotatable bonds is 9. The summed E-state index contributed by atoms with van der Waals surface area (Å²) in [5.41, 5.74) is 7.61. The molecule has 194 valence electrons. The molecule has 5 aromatic carbocycles. The van der Waals surface area contributed by atoms with E-state index < -0.39 is 0 Å². The first-order valence-corrected chi connectivity index (χ1v) is 13.7. The molecule has 5 aromatic rings. The van der Waals surface area contributed by atoms with Gasteiger partial charge in [0.05, 0.1) is 0 Å². The standard InChI is InChI=1S/C37H34O2/c1-4-27(21-35-24-33(17-14-26(35)3)36(38)30-15-12-25(2)13-16-30)20-28-8-7-11-32(22-28)37(39)34-19-18-29-9-5-6-10-31(29)23-34/h5-19,22-24,27H,4,20-21H2,1-3H3. The Balaban J connectivity index is 1.33. The fourth-order valence-corrected chi connectivity index (χ4v) is 5.25. The van der Waals surface area contributed by atoms with Crippen LogP contribution < -0.4 is 0 Å². The van der Waals surface area contributed by atoms with E-state index in [9.17, 15) is 9.59 Å². The number of hydrogen-bond acceptors (Lipinski definition) is 2. The molecule has 0 saturated carbocycles. The van der Waals surface area contributed by atoms with Crippen LogP contribution in [-0.2, 0) is 12.8 Å². The number of benzene rings is 5. The molecule has 39 heavy (non-hydrogen) atoms. The highest BCUT2D eigenvalue weighted by molar-refractivity contribution is 6.11. The van der Waals surface area contributed by atoms with Crippen LogP contribution in [0.25, 0.3) is 10.8 Å². The van der Waals surface area contributed by atoms with Gasteiger partial charge in [-0.2, -0.15) is 0 Å². The molecule has 0 fully saturated rings. The molecular weight excluding hydrogens is 476 g/mol. The first-order valence-electron chi connectivity index (χ1n) is 13.7. The second kappa shape index (κ2) is 11.6. The predicted molar refractivity (Wildman–Crippen MR) is 161 cm³/mol. The maximum Gasteiger partial charge on any atom is 0.193 e. The average molecular weight is 511 g/mol. The van der Waals surface area contributed by atoms with Crippen molar-refractivity contribution in [3.63, 3.8) is 0 Å². The summed E-state index contributed by atoms with van der Waals surface area (Å²) in [5, 5.41) is 2.21. The summed E-state index contributed by atoms with van der Waals surface area (Å²) in [4.78, 5) is 26.5. The molecule has 0 aliphatic rings. The van der Waals surface area contributed by atoms with Crippen molar-refractivity contribution in [1.29, 1.82) is 0 Å². The Hall–Kier alpha value is -4.30. The van der Waals surface area contributed by atoms with E-state index in [1.165, 1.54) is 11.1 Å². The molecule has 0 heterocycles. The smallest absolute Gasteiger partial charge is 0.193 e. The summed E-state index contributed by atoms with van der Waals surface area (Å²) < 4.78 is 0. The first kappa shape index (κ1) is 26.3. The molecule has 0 spiro atoms. The fraction of sp³-hybridized carbons (Fsp3) is 0.189. The lowest BCUT2D eigenvalue weighted by Gasteiger charge is -2.18. The molecule has 0 radical (unpaired) electrons. The van der Waals surface area contributed by atoms with E-state index in [1.807, 2.05) is 91.9 Å². The summed E-state index contributed by atoms with van der Waals surface area (Å²) in [7, 11) is 0. The maximum atomic E-state index is 13.3. The summed E-state index contributed by atoms with van der Waals surface area (Å²) in [5.74, 6) is 0.512. The number of aryl methyl sites for hydroxylation is 2. The third-order valence-corrected chi connectivity index (χ3v) is 7.74. The van der Waals surface area contributed by atoms with Crippen LogP contribution in [0.2, 0.25) is 0 Å². The van der Waals surface area contributed by atoms with Crippen molar-refractivity contribution in [2.75, 3.05) is 0 Å². The molecule has 0 N–H and O–H groups in total. The molecule has 1 unspecified atom stereocenters. The summed E-state index contributed by atoms with van der Waals surface area (Å²) in [6, 6.07) is 35.9.